The summed E-state index contributed by atoms with van der Waals surface area (Å²) >= 11 is 0. The molecule has 5 nitrogen and oxygen atoms in total. The van der Waals surface area contributed by atoms with Gasteiger partial charge in [-0.1, -0.05) is 12.8 Å². The van der Waals surface area contributed by atoms with Crippen LogP contribution < -0.4 is 10.5 Å². The number of aliphatic hydroxyl groups is 1. The van der Waals surface area contributed by atoms with Gasteiger partial charge >= 0.3 is 0 Å². The van der Waals surface area contributed by atoms with E-state index >= 15 is 0 Å². The van der Waals surface area contributed by atoms with E-state index in [1.165, 1.54) is 0 Å². The summed E-state index contributed by atoms with van der Waals surface area (Å²) in [6.07, 6.45) is 1.58. The Morgan fingerprint density at radius 1 is 1.20 bits per heavy atom. The summed E-state index contributed by atoms with van der Waals surface area (Å²) in [6, 6.07) is 0.759. The van der Waals surface area contributed by atoms with Gasteiger partial charge in [-0.05, 0) is 25.0 Å². The van der Waals surface area contributed by atoms with Gasteiger partial charge in [0.25, 0.3) is 0 Å². The lowest BCUT2D eigenvalue weighted by Gasteiger charge is -2.28. The largest absolute Gasteiger partial charge is 0.399 e. The fourth-order valence-electron chi connectivity index (χ4n) is 2.34. The van der Waals surface area contributed by atoms with E-state index in [4.69, 9.17) is 5.73 Å². The van der Waals surface area contributed by atoms with Crippen molar-refractivity contribution in [3.8, 4) is 0 Å². The molecule has 4 N–H and O–H groups in total. The van der Waals surface area contributed by atoms with Gasteiger partial charge in [0.1, 0.15) is 11.6 Å². The van der Waals surface area contributed by atoms with Crippen LogP contribution in [0.25, 0.3) is 0 Å². The molecule has 8 heteroatoms. The number of nitrogen functional groups attached to an aromatic ring is 1. The van der Waals surface area contributed by atoms with Crippen LogP contribution in [0.15, 0.2) is 17.0 Å². The first-order valence-electron chi connectivity index (χ1n) is 6.26. The minimum atomic E-state index is -4.39. The van der Waals surface area contributed by atoms with Crippen LogP contribution in [-0.2, 0) is 10.0 Å². The molecule has 1 fully saturated rings. The van der Waals surface area contributed by atoms with Crippen LogP contribution in [0.4, 0.5) is 14.5 Å². The topological polar surface area (TPSA) is 92.4 Å². The number of benzene rings is 1. The molecule has 0 amide bonds. The van der Waals surface area contributed by atoms with Crippen LogP contribution in [0.2, 0.25) is 0 Å². The van der Waals surface area contributed by atoms with Crippen molar-refractivity contribution < 1.29 is 22.3 Å². The van der Waals surface area contributed by atoms with Gasteiger partial charge in [0.2, 0.25) is 10.0 Å². The molecular formula is C12H16F2N2O3S. The minimum Gasteiger partial charge on any atom is -0.399 e. The average molecular weight is 306 g/mol. The number of halogens is 2. The van der Waals surface area contributed by atoms with Crippen molar-refractivity contribution in [2.75, 3.05) is 5.73 Å². The molecule has 0 aliphatic heterocycles. The number of nitrogens with two attached hydrogens (primary N) is 1. The Labute approximate surface area is 115 Å². The van der Waals surface area contributed by atoms with Gasteiger partial charge in [0.15, 0.2) is 4.90 Å². The summed E-state index contributed by atoms with van der Waals surface area (Å²) in [5.74, 6) is -2.50. The first-order valence-corrected chi connectivity index (χ1v) is 7.74. The second kappa shape index (κ2) is 5.63. The zero-order valence-corrected chi connectivity index (χ0v) is 11.5. The fourth-order valence-corrected chi connectivity index (χ4v) is 3.77. The SMILES string of the molecule is Nc1cc(F)c(S(=O)(=O)N[C@H]2CCCC[C@@H]2O)c(F)c1. The second-order valence-corrected chi connectivity index (χ2v) is 6.54. The van der Waals surface area contributed by atoms with Gasteiger partial charge in [-0.3, -0.25) is 0 Å². The van der Waals surface area contributed by atoms with Crippen molar-refractivity contribution in [1.29, 1.82) is 0 Å². The highest BCUT2D eigenvalue weighted by Crippen LogP contribution is 2.24. The molecule has 0 unspecified atom stereocenters. The smallest absolute Gasteiger partial charge is 0.246 e. The normalized spacial score (nSPS) is 23.8. The molecule has 112 valence electrons. The molecule has 1 saturated carbocycles. The van der Waals surface area contributed by atoms with E-state index in [9.17, 15) is 22.3 Å². The Hall–Kier alpha value is -1.25. The Kier molecular flexibility index (Phi) is 4.26. The van der Waals surface area contributed by atoms with Gasteiger partial charge in [0, 0.05) is 11.7 Å². The van der Waals surface area contributed by atoms with E-state index in [2.05, 4.69) is 4.72 Å². The fraction of sp³-hybridized carbons (Fsp3) is 0.500. The second-order valence-electron chi connectivity index (χ2n) is 4.89. The van der Waals surface area contributed by atoms with Crippen LogP contribution in [-0.4, -0.2) is 25.7 Å². The zero-order chi connectivity index (χ0) is 14.9. The quantitative estimate of drug-likeness (QED) is 0.730. The zero-order valence-electron chi connectivity index (χ0n) is 10.6. The Balaban J connectivity index is 2.31. The third kappa shape index (κ3) is 3.08. The van der Waals surface area contributed by atoms with Crippen molar-refractivity contribution in [2.24, 2.45) is 0 Å². The average Bonchev–Trinajstić information content (AvgIpc) is 2.30. The molecular weight excluding hydrogens is 290 g/mol. The molecule has 1 aromatic carbocycles. The number of nitrogens with one attached hydrogen (secondary N) is 1. The van der Waals surface area contributed by atoms with E-state index in [1.54, 1.807) is 0 Å². The van der Waals surface area contributed by atoms with Crippen LogP contribution in [0.5, 0.6) is 0 Å². The molecule has 2 rings (SSSR count). The first kappa shape index (κ1) is 15.1. The van der Waals surface area contributed by atoms with Crippen LogP contribution in [0.3, 0.4) is 0 Å². The molecule has 1 aliphatic carbocycles. The Morgan fingerprint density at radius 2 is 1.75 bits per heavy atom. The summed E-state index contributed by atoms with van der Waals surface area (Å²) < 4.78 is 53.6. The molecule has 0 radical (unpaired) electrons. The maximum Gasteiger partial charge on any atom is 0.246 e. The van der Waals surface area contributed by atoms with Gasteiger partial charge in [-0.25, -0.2) is 21.9 Å². The summed E-state index contributed by atoms with van der Waals surface area (Å²) in [5, 5.41) is 9.73. The molecule has 0 aromatic heterocycles. The van der Waals surface area contributed by atoms with Crippen molar-refractivity contribution in [3.63, 3.8) is 0 Å². The number of aliphatic hydroxyl groups excluding tert-OH is 1. The third-order valence-electron chi connectivity index (χ3n) is 3.33. The van der Waals surface area contributed by atoms with Gasteiger partial charge in [0.05, 0.1) is 6.10 Å². The predicted octanol–water partition coefficient (Wildman–Crippen LogP) is 1.13. The van der Waals surface area contributed by atoms with E-state index in [-0.39, 0.29) is 5.69 Å². The maximum atomic E-state index is 13.7. The van der Waals surface area contributed by atoms with Crippen LogP contribution in [0.1, 0.15) is 25.7 Å². The standard InChI is InChI=1S/C12H16F2N2O3S/c13-8-5-7(15)6-9(14)12(8)20(18,19)16-10-3-1-2-4-11(10)17/h5-6,10-11,16-17H,1-4,15H2/t10-,11-/m0/s1. The van der Waals surface area contributed by atoms with E-state index in [0.717, 1.165) is 25.0 Å². The first-order chi connectivity index (χ1) is 9.31. The highest BCUT2D eigenvalue weighted by atomic mass is 32.2. The Bertz CT molecular complexity index is 584. The monoisotopic (exact) mass is 306 g/mol. The number of rotatable bonds is 3. The highest BCUT2D eigenvalue weighted by molar-refractivity contribution is 7.89. The van der Waals surface area contributed by atoms with Crippen molar-refractivity contribution >= 4 is 15.7 Å². The van der Waals surface area contributed by atoms with Crippen molar-refractivity contribution in [3.05, 3.63) is 23.8 Å². The molecule has 1 aliphatic rings. The number of anilines is 1. The lowest BCUT2D eigenvalue weighted by atomic mass is 9.93. The minimum absolute atomic E-state index is 0.198. The molecule has 0 heterocycles. The van der Waals surface area contributed by atoms with E-state index < -0.39 is 38.7 Å². The third-order valence-corrected chi connectivity index (χ3v) is 4.87. The lowest BCUT2D eigenvalue weighted by molar-refractivity contribution is 0.101. The van der Waals surface area contributed by atoms with Crippen LogP contribution in [0, 0.1) is 11.6 Å². The van der Waals surface area contributed by atoms with Crippen molar-refractivity contribution in [1.82, 2.24) is 4.72 Å². The number of hydrogen-bond acceptors (Lipinski definition) is 4. The molecule has 0 saturated heterocycles. The molecule has 2 atom stereocenters. The highest BCUT2D eigenvalue weighted by Gasteiger charge is 2.31. The lowest BCUT2D eigenvalue weighted by Crippen LogP contribution is -2.45. The van der Waals surface area contributed by atoms with E-state index in [0.29, 0.717) is 12.8 Å². The van der Waals surface area contributed by atoms with Gasteiger partial charge < -0.3 is 10.8 Å². The van der Waals surface area contributed by atoms with Crippen molar-refractivity contribution in [2.45, 2.75) is 42.7 Å². The molecule has 1 aromatic rings. The molecule has 0 bridgehead atoms. The number of sulfonamides is 1. The van der Waals surface area contributed by atoms with Crippen LogP contribution >= 0.6 is 0 Å². The van der Waals surface area contributed by atoms with Gasteiger partial charge in [-0.15, -0.1) is 0 Å². The van der Waals surface area contributed by atoms with E-state index in [1.807, 2.05) is 0 Å². The summed E-state index contributed by atoms with van der Waals surface area (Å²) in [5.41, 5.74) is 5.05. The summed E-state index contributed by atoms with van der Waals surface area (Å²) in [4.78, 5) is -1.07. The predicted molar refractivity (Wildman–Crippen MR) is 69.4 cm³/mol. The Morgan fingerprint density at radius 3 is 2.30 bits per heavy atom. The molecule has 0 spiro atoms. The summed E-state index contributed by atoms with van der Waals surface area (Å²) in [7, 11) is -4.39. The maximum absolute atomic E-state index is 13.7. The number of hydrogen-bond donors (Lipinski definition) is 3. The summed E-state index contributed by atoms with van der Waals surface area (Å²) in [6.45, 7) is 0. The van der Waals surface area contributed by atoms with Gasteiger partial charge in [-0.2, -0.15) is 0 Å². The molecule has 20 heavy (non-hydrogen) atoms.